The predicted octanol–water partition coefficient (Wildman–Crippen LogP) is 2.49. The van der Waals surface area contributed by atoms with Crippen LogP contribution in [0.15, 0.2) is 34.9 Å². The van der Waals surface area contributed by atoms with Crippen LogP contribution in [0.2, 0.25) is 0 Å². The van der Waals surface area contributed by atoms with Crippen LogP contribution in [0, 0.1) is 11.3 Å². The lowest BCUT2D eigenvalue weighted by Gasteiger charge is -2.08. The minimum atomic E-state index is -0.311. The lowest BCUT2D eigenvalue weighted by atomic mass is 10.2. The van der Waals surface area contributed by atoms with E-state index in [9.17, 15) is 4.79 Å². The lowest BCUT2D eigenvalue weighted by molar-refractivity contribution is 0.101. The van der Waals surface area contributed by atoms with Crippen molar-refractivity contribution in [3.63, 3.8) is 0 Å². The SMILES string of the molecule is Cn1cc(N)cc1C(=O)Nc1cc(Br)ccc1C#N. The number of nitrogens with zero attached hydrogens (tertiary/aromatic N) is 2. The summed E-state index contributed by atoms with van der Waals surface area (Å²) in [6, 6.07) is 8.68. The fraction of sp³-hybridized carbons (Fsp3) is 0.0769. The molecule has 2 aromatic rings. The molecule has 0 aliphatic carbocycles. The number of amides is 1. The van der Waals surface area contributed by atoms with Gasteiger partial charge in [-0.2, -0.15) is 5.26 Å². The van der Waals surface area contributed by atoms with Crippen LogP contribution in [-0.4, -0.2) is 10.5 Å². The van der Waals surface area contributed by atoms with Crippen molar-refractivity contribution in [2.45, 2.75) is 0 Å². The van der Waals surface area contributed by atoms with Gasteiger partial charge in [-0.1, -0.05) is 15.9 Å². The third-order valence-electron chi connectivity index (χ3n) is 2.61. The van der Waals surface area contributed by atoms with Gasteiger partial charge in [0, 0.05) is 17.7 Å². The molecule has 0 radical (unpaired) electrons. The number of aromatic nitrogens is 1. The molecule has 1 heterocycles. The molecule has 0 bridgehead atoms. The van der Waals surface area contributed by atoms with Crippen LogP contribution in [0.3, 0.4) is 0 Å². The van der Waals surface area contributed by atoms with E-state index < -0.39 is 0 Å². The normalized spacial score (nSPS) is 9.95. The number of carbonyl (C=O) groups is 1. The van der Waals surface area contributed by atoms with E-state index in [1.807, 2.05) is 6.07 Å². The van der Waals surface area contributed by atoms with Gasteiger partial charge in [-0.05, 0) is 24.3 Å². The van der Waals surface area contributed by atoms with Crippen LogP contribution in [0.4, 0.5) is 11.4 Å². The molecular weight excluding hydrogens is 308 g/mol. The second-order valence-electron chi connectivity index (χ2n) is 4.03. The molecule has 2 rings (SSSR count). The van der Waals surface area contributed by atoms with Crippen molar-refractivity contribution in [2.75, 3.05) is 11.1 Å². The summed E-state index contributed by atoms with van der Waals surface area (Å²) in [5.41, 5.74) is 7.44. The molecule has 96 valence electrons. The van der Waals surface area contributed by atoms with Crippen LogP contribution in [0.1, 0.15) is 16.1 Å². The molecule has 6 heteroatoms. The monoisotopic (exact) mass is 318 g/mol. The number of hydrogen-bond donors (Lipinski definition) is 2. The standard InChI is InChI=1S/C13H11BrN4O/c1-18-7-10(16)5-12(18)13(19)17-11-4-9(14)3-2-8(11)6-15/h2-5,7H,16H2,1H3,(H,17,19). The molecule has 1 aromatic carbocycles. The predicted molar refractivity (Wildman–Crippen MR) is 76.6 cm³/mol. The largest absolute Gasteiger partial charge is 0.397 e. The smallest absolute Gasteiger partial charge is 0.272 e. The van der Waals surface area contributed by atoms with E-state index in [1.54, 1.807) is 42.1 Å². The number of nitriles is 1. The maximum atomic E-state index is 12.1. The summed E-state index contributed by atoms with van der Waals surface area (Å²) in [6.07, 6.45) is 1.65. The topological polar surface area (TPSA) is 83.8 Å². The number of nitrogens with two attached hydrogens (primary N) is 1. The maximum Gasteiger partial charge on any atom is 0.272 e. The number of nitrogens with one attached hydrogen (secondary N) is 1. The van der Waals surface area contributed by atoms with Crippen LogP contribution < -0.4 is 11.1 Å². The summed E-state index contributed by atoms with van der Waals surface area (Å²) in [4.78, 5) is 12.1. The molecule has 0 saturated carbocycles. The lowest BCUT2D eigenvalue weighted by Crippen LogP contribution is -2.16. The number of aryl methyl sites for hydroxylation is 1. The number of anilines is 2. The van der Waals surface area contributed by atoms with Gasteiger partial charge >= 0.3 is 0 Å². The maximum absolute atomic E-state index is 12.1. The van der Waals surface area contributed by atoms with Gasteiger partial charge in [-0.25, -0.2) is 0 Å². The highest BCUT2D eigenvalue weighted by Crippen LogP contribution is 2.22. The first-order valence-corrected chi connectivity index (χ1v) is 6.23. The quantitative estimate of drug-likeness (QED) is 0.892. The van der Waals surface area contributed by atoms with Crippen molar-refractivity contribution >= 4 is 33.2 Å². The zero-order valence-electron chi connectivity index (χ0n) is 10.1. The molecule has 0 aliphatic rings. The number of hydrogen-bond acceptors (Lipinski definition) is 3. The molecule has 0 atom stereocenters. The van der Waals surface area contributed by atoms with Crippen molar-refractivity contribution in [1.29, 1.82) is 5.26 Å². The van der Waals surface area contributed by atoms with Crippen molar-refractivity contribution in [3.8, 4) is 6.07 Å². The Labute approximate surface area is 118 Å². The Morgan fingerprint density at radius 2 is 2.21 bits per heavy atom. The van der Waals surface area contributed by atoms with E-state index in [1.165, 1.54) is 0 Å². The highest BCUT2D eigenvalue weighted by atomic mass is 79.9. The third-order valence-corrected chi connectivity index (χ3v) is 3.10. The Hall–Kier alpha value is -2.26. The summed E-state index contributed by atoms with van der Waals surface area (Å²) in [7, 11) is 1.73. The minimum Gasteiger partial charge on any atom is -0.397 e. The first-order chi connectivity index (χ1) is 9.01. The zero-order chi connectivity index (χ0) is 14.0. The van der Waals surface area contributed by atoms with Crippen molar-refractivity contribution in [1.82, 2.24) is 4.57 Å². The van der Waals surface area contributed by atoms with E-state index in [0.717, 1.165) is 4.47 Å². The molecule has 0 aliphatic heterocycles. The van der Waals surface area contributed by atoms with E-state index >= 15 is 0 Å². The first-order valence-electron chi connectivity index (χ1n) is 5.44. The summed E-state index contributed by atoms with van der Waals surface area (Å²) in [5.74, 6) is -0.311. The molecule has 0 fully saturated rings. The van der Waals surface area contributed by atoms with E-state index in [0.29, 0.717) is 22.6 Å². The molecule has 1 aromatic heterocycles. The van der Waals surface area contributed by atoms with Crippen molar-refractivity contribution < 1.29 is 4.79 Å². The second kappa shape index (κ2) is 5.16. The average molecular weight is 319 g/mol. The van der Waals surface area contributed by atoms with Crippen molar-refractivity contribution in [2.24, 2.45) is 7.05 Å². The highest BCUT2D eigenvalue weighted by Gasteiger charge is 2.13. The average Bonchev–Trinajstić information content (AvgIpc) is 2.69. The van der Waals surface area contributed by atoms with Gasteiger partial charge in [0.05, 0.1) is 16.9 Å². The number of benzene rings is 1. The van der Waals surface area contributed by atoms with Crippen LogP contribution in [0.5, 0.6) is 0 Å². The molecule has 3 N–H and O–H groups in total. The number of rotatable bonds is 2. The first kappa shape index (κ1) is 13.2. The third kappa shape index (κ3) is 2.77. The fourth-order valence-corrected chi connectivity index (χ4v) is 2.08. The number of nitrogen functional groups attached to an aromatic ring is 1. The van der Waals surface area contributed by atoms with Crippen LogP contribution >= 0.6 is 15.9 Å². The van der Waals surface area contributed by atoms with Gasteiger partial charge in [0.25, 0.3) is 5.91 Å². The number of halogens is 1. The summed E-state index contributed by atoms with van der Waals surface area (Å²) >= 11 is 3.30. The molecule has 1 amide bonds. The molecule has 0 unspecified atom stereocenters. The Morgan fingerprint density at radius 1 is 1.47 bits per heavy atom. The van der Waals surface area contributed by atoms with Gasteiger partial charge in [0.2, 0.25) is 0 Å². The molecule has 5 nitrogen and oxygen atoms in total. The number of carbonyl (C=O) groups excluding carboxylic acids is 1. The summed E-state index contributed by atoms with van der Waals surface area (Å²) < 4.78 is 2.42. The van der Waals surface area contributed by atoms with Gasteiger partial charge in [-0.15, -0.1) is 0 Å². The van der Waals surface area contributed by atoms with Crippen molar-refractivity contribution in [3.05, 3.63) is 46.2 Å². The van der Waals surface area contributed by atoms with Gasteiger partial charge in [0.15, 0.2) is 0 Å². The molecule has 0 saturated heterocycles. The van der Waals surface area contributed by atoms with Gasteiger partial charge < -0.3 is 15.6 Å². The molecule has 0 spiro atoms. The summed E-state index contributed by atoms with van der Waals surface area (Å²) in [6.45, 7) is 0. The molecular formula is C13H11BrN4O. The van der Waals surface area contributed by atoms with Gasteiger partial charge in [-0.3, -0.25) is 4.79 Å². The Balaban J connectivity index is 2.32. The van der Waals surface area contributed by atoms with Gasteiger partial charge in [0.1, 0.15) is 11.8 Å². The zero-order valence-corrected chi connectivity index (χ0v) is 11.7. The van der Waals surface area contributed by atoms with E-state index in [4.69, 9.17) is 11.0 Å². The highest BCUT2D eigenvalue weighted by molar-refractivity contribution is 9.10. The van der Waals surface area contributed by atoms with Crippen LogP contribution in [-0.2, 0) is 7.05 Å². The Kier molecular flexibility index (Phi) is 3.58. The molecule has 19 heavy (non-hydrogen) atoms. The second-order valence-corrected chi connectivity index (χ2v) is 4.94. The van der Waals surface area contributed by atoms with E-state index in [2.05, 4.69) is 21.2 Å². The Morgan fingerprint density at radius 3 is 2.79 bits per heavy atom. The fourth-order valence-electron chi connectivity index (χ4n) is 1.72. The summed E-state index contributed by atoms with van der Waals surface area (Å²) in [5, 5.41) is 11.7. The van der Waals surface area contributed by atoms with Crippen LogP contribution in [0.25, 0.3) is 0 Å². The Bertz CT molecular complexity index is 684. The minimum absolute atomic E-state index is 0.311. The van der Waals surface area contributed by atoms with E-state index in [-0.39, 0.29) is 5.91 Å².